The van der Waals surface area contributed by atoms with E-state index in [1.54, 1.807) is 11.9 Å². The number of nitrogens with zero attached hydrogens (tertiary/aromatic N) is 3. The van der Waals surface area contributed by atoms with Crippen LogP contribution in [0.2, 0.25) is 0 Å². The van der Waals surface area contributed by atoms with E-state index in [2.05, 4.69) is 35.2 Å². The second kappa shape index (κ2) is 7.80. The third-order valence-corrected chi connectivity index (χ3v) is 4.17. The number of carbonyl (C=O) groups excluding carboxylic acids is 1. The number of rotatable bonds is 6. The lowest BCUT2D eigenvalue weighted by Gasteiger charge is -2.19. The molecule has 0 saturated carbocycles. The van der Waals surface area contributed by atoms with Crippen LogP contribution >= 0.6 is 0 Å². The summed E-state index contributed by atoms with van der Waals surface area (Å²) in [5, 5.41) is 8.54. The summed E-state index contributed by atoms with van der Waals surface area (Å²) in [6, 6.07) is 12.7. The minimum atomic E-state index is 0.133. The topological polar surface area (TPSA) is 47.3 Å². The van der Waals surface area contributed by atoms with Crippen molar-refractivity contribution in [2.75, 3.05) is 33.2 Å². The van der Waals surface area contributed by atoms with Gasteiger partial charge in [0.15, 0.2) is 0 Å². The largest absolute Gasteiger partial charge is 0.345 e. The standard InChI is InChI=1S/C17H23N3O/c1-19(11-5-10-18)17(21)9-13-20-12-8-16(14-20)15-6-3-2-4-7-15/h2-4,6-7,16H,5,8-9,11-14H2,1H3. The zero-order valence-electron chi connectivity index (χ0n) is 12.7. The quantitative estimate of drug-likeness (QED) is 0.805. The van der Waals surface area contributed by atoms with E-state index in [9.17, 15) is 4.79 Å². The molecule has 112 valence electrons. The van der Waals surface area contributed by atoms with Crippen molar-refractivity contribution in [1.82, 2.24) is 9.80 Å². The van der Waals surface area contributed by atoms with E-state index in [-0.39, 0.29) is 5.91 Å². The molecule has 1 amide bonds. The first-order valence-corrected chi connectivity index (χ1v) is 7.59. The van der Waals surface area contributed by atoms with E-state index < -0.39 is 0 Å². The lowest BCUT2D eigenvalue weighted by molar-refractivity contribution is -0.130. The fraction of sp³-hybridized carbons (Fsp3) is 0.529. The molecule has 1 saturated heterocycles. The van der Waals surface area contributed by atoms with Crippen LogP contribution < -0.4 is 0 Å². The molecule has 0 radical (unpaired) electrons. The highest BCUT2D eigenvalue weighted by molar-refractivity contribution is 5.76. The molecule has 1 unspecified atom stereocenters. The average molecular weight is 285 g/mol. The summed E-state index contributed by atoms with van der Waals surface area (Å²) < 4.78 is 0. The maximum Gasteiger partial charge on any atom is 0.223 e. The van der Waals surface area contributed by atoms with Crippen molar-refractivity contribution in [3.05, 3.63) is 35.9 Å². The molecular weight excluding hydrogens is 262 g/mol. The third-order valence-electron chi connectivity index (χ3n) is 4.17. The molecule has 0 aliphatic carbocycles. The fourth-order valence-electron chi connectivity index (χ4n) is 2.82. The van der Waals surface area contributed by atoms with Crippen molar-refractivity contribution in [1.29, 1.82) is 5.26 Å². The predicted molar refractivity (Wildman–Crippen MR) is 82.7 cm³/mol. The number of likely N-dealkylation sites (tertiary alicyclic amines) is 1. The van der Waals surface area contributed by atoms with Crippen LogP contribution in [0.4, 0.5) is 0 Å². The molecule has 1 fully saturated rings. The van der Waals surface area contributed by atoms with Gasteiger partial charge < -0.3 is 9.80 Å². The van der Waals surface area contributed by atoms with Crippen molar-refractivity contribution >= 4 is 5.91 Å². The van der Waals surface area contributed by atoms with E-state index in [4.69, 9.17) is 5.26 Å². The van der Waals surface area contributed by atoms with Gasteiger partial charge in [0.2, 0.25) is 5.91 Å². The summed E-state index contributed by atoms with van der Waals surface area (Å²) in [6.07, 6.45) is 2.12. The number of benzene rings is 1. The molecule has 0 N–H and O–H groups in total. The smallest absolute Gasteiger partial charge is 0.223 e. The van der Waals surface area contributed by atoms with Gasteiger partial charge >= 0.3 is 0 Å². The minimum Gasteiger partial charge on any atom is -0.345 e. The van der Waals surface area contributed by atoms with E-state index >= 15 is 0 Å². The first-order chi connectivity index (χ1) is 10.2. The molecule has 1 aromatic carbocycles. The lowest BCUT2D eigenvalue weighted by atomic mass is 9.99. The number of hydrogen-bond acceptors (Lipinski definition) is 3. The van der Waals surface area contributed by atoms with Crippen LogP contribution in [-0.4, -0.2) is 48.9 Å². The van der Waals surface area contributed by atoms with Crippen molar-refractivity contribution in [2.45, 2.75) is 25.2 Å². The summed E-state index contributed by atoms with van der Waals surface area (Å²) in [5.74, 6) is 0.728. The zero-order valence-corrected chi connectivity index (χ0v) is 12.7. The van der Waals surface area contributed by atoms with Crippen LogP contribution in [0, 0.1) is 11.3 Å². The van der Waals surface area contributed by atoms with Gasteiger partial charge in [0, 0.05) is 33.1 Å². The highest BCUT2D eigenvalue weighted by atomic mass is 16.2. The van der Waals surface area contributed by atoms with Crippen molar-refractivity contribution in [3.63, 3.8) is 0 Å². The minimum absolute atomic E-state index is 0.133. The summed E-state index contributed by atoms with van der Waals surface area (Å²) in [5.41, 5.74) is 1.40. The second-order valence-electron chi connectivity index (χ2n) is 5.67. The Morgan fingerprint density at radius 1 is 1.43 bits per heavy atom. The maximum atomic E-state index is 11.9. The maximum absolute atomic E-state index is 11.9. The van der Waals surface area contributed by atoms with E-state index in [1.807, 2.05) is 6.07 Å². The highest BCUT2D eigenvalue weighted by Gasteiger charge is 2.24. The van der Waals surface area contributed by atoms with Gasteiger partial charge in [-0.2, -0.15) is 5.26 Å². The van der Waals surface area contributed by atoms with Gasteiger partial charge in [-0.1, -0.05) is 30.3 Å². The van der Waals surface area contributed by atoms with Crippen molar-refractivity contribution in [2.24, 2.45) is 0 Å². The van der Waals surface area contributed by atoms with Crippen LogP contribution in [0.25, 0.3) is 0 Å². The second-order valence-corrected chi connectivity index (χ2v) is 5.67. The summed E-state index contributed by atoms with van der Waals surface area (Å²) in [4.78, 5) is 16.0. The van der Waals surface area contributed by atoms with Gasteiger partial charge in [0.05, 0.1) is 12.5 Å². The number of nitriles is 1. The van der Waals surface area contributed by atoms with E-state index in [1.165, 1.54) is 12.0 Å². The average Bonchev–Trinajstić information content (AvgIpc) is 3.00. The molecule has 21 heavy (non-hydrogen) atoms. The normalized spacial score (nSPS) is 18.4. The Morgan fingerprint density at radius 2 is 2.19 bits per heavy atom. The van der Waals surface area contributed by atoms with Crippen LogP contribution in [0.1, 0.15) is 30.7 Å². The Morgan fingerprint density at radius 3 is 2.90 bits per heavy atom. The van der Waals surface area contributed by atoms with Crippen LogP contribution in [0.15, 0.2) is 30.3 Å². The van der Waals surface area contributed by atoms with Gasteiger partial charge in [-0.15, -0.1) is 0 Å². The molecule has 4 heteroatoms. The Kier molecular flexibility index (Phi) is 5.77. The highest BCUT2D eigenvalue weighted by Crippen LogP contribution is 2.26. The molecule has 0 spiro atoms. The number of amides is 1. The first kappa shape index (κ1) is 15.5. The molecule has 0 aromatic heterocycles. The summed E-state index contributed by atoms with van der Waals surface area (Å²) in [6.45, 7) is 3.45. The predicted octanol–water partition coefficient (Wildman–Crippen LogP) is 2.24. The summed E-state index contributed by atoms with van der Waals surface area (Å²) >= 11 is 0. The SMILES string of the molecule is CN(CCC#N)C(=O)CCN1CCC(c2ccccc2)C1. The molecular formula is C17H23N3O. The molecule has 1 heterocycles. The van der Waals surface area contributed by atoms with Crippen molar-refractivity contribution < 1.29 is 4.79 Å². The Bertz CT molecular complexity index is 495. The van der Waals surface area contributed by atoms with Gasteiger partial charge in [0.1, 0.15) is 0 Å². The molecule has 0 bridgehead atoms. The first-order valence-electron chi connectivity index (χ1n) is 7.59. The molecule has 1 aliphatic heterocycles. The number of carbonyl (C=O) groups is 1. The van der Waals surface area contributed by atoms with E-state index in [0.717, 1.165) is 19.6 Å². The lowest BCUT2D eigenvalue weighted by Crippen LogP contribution is -2.31. The van der Waals surface area contributed by atoms with Crippen LogP contribution in [-0.2, 0) is 4.79 Å². The van der Waals surface area contributed by atoms with E-state index in [0.29, 0.717) is 25.3 Å². The molecule has 4 nitrogen and oxygen atoms in total. The molecule has 1 aromatic rings. The van der Waals surface area contributed by atoms with Crippen LogP contribution in [0.5, 0.6) is 0 Å². The summed E-state index contributed by atoms with van der Waals surface area (Å²) in [7, 11) is 1.77. The van der Waals surface area contributed by atoms with Gasteiger partial charge in [-0.05, 0) is 24.4 Å². The third kappa shape index (κ3) is 4.57. The Balaban J connectivity index is 1.73. The fourth-order valence-corrected chi connectivity index (χ4v) is 2.82. The molecule has 1 atom stereocenters. The van der Waals surface area contributed by atoms with Gasteiger partial charge in [0.25, 0.3) is 0 Å². The van der Waals surface area contributed by atoms with Gasteiger partial charge in [-0.25, -0.2) is 0 Å². The molecule has 1 aliphatic rings. The van der Waals surface area contributed by atoms with Crippen molar-refractivity contribution in [3.8, 4) is 6.07 Å². The number of hydrogen-bond donors (Lipinski definition) is 0. The molecule has 2 rings (SSSR count). The van der Waals surface area contributed by atoms with Gasteiger partial charge in [-0.3, -0.25) is 4.79 Å². The monoisotopic (exact) mass is 285 g/mol. The Labute approximate surface area is 127 Å². The zero-order chi connectivity index (χ0) is 15.1. The Hall–Kier alpha value is -1.86. The van der Waals surface area contributed by atoms with Crippen LogP contribution in [0.3, 0.4) is 0 Å².